The summed E-state index contributed by atoms with van der Waals surface area (Å²) < 4.78 is 1.69. The van der Waals surface area contributed by atoms with Crippen LogP contribution in [-0.4, -0.2) is 38.2 Å². The van der Waals surface area contributed by atoms with Crippen LogP contribution in [0.5, 0.6) is 0 Å². The highest BCUT2D eigenvalue weighted by molar-refractivity contribution is 5.81. The molecule has 20 heavy (non-hydrogen) atoms. The largest absolute Gasteiger partial charge is 0.481 e. The van der Waals surface area contributed by atoms with Crippen molar-refractivity contribution in [1.29, 1.82) is 0 Å². The van der Waals surface area contributed by atoms with Gasteiger partial charge in [0.05, 0.1) is 17.7 Å². The molecule has 6 heteroatoms. The minimum Gasteiger partial charge on any atom is -0.481 e. The molecule has 0 radical (unpaired) electrons. The van der Waals surface area contributed by atoms with Gasteiger partial charge in [0.25, 0.3) is 0 Å². The fraction of sp³-hybridized carbons (Fsp3) is 0.643. The van der Waals surface area contributed by atoms with E-state index in [1.165, 1.54) is 0 Å². The van der Waals surface area contributed by atoms with E-state index in [4.69, 9.17) is 0 Å². The zero-order chi connectivity index (χ0) is 14.9. The van der Waals surface area contributed by atoms with Crippen molar-refractivity contribution < 1.29 is 14.7 Å². The summed E-state index contributed by atoms with van der Waals surface area (Å²) in [7, 11) is 1.82. The Balaban J connectivity index is 2.49. The highest BCUT2D eigenvalue weighted by Crippen LogP contribution is 2.38. The number of carboxylic acids is 1. The number of carbonyl (C=O) groups is 2. The van der Waals surface area contributed by atoms with Gasteiger partial charge in [-0.1, -0.05) is 6.92 Å². The number of hydrogen-bond acceptors (Lipinski definition) is 3. The van der Waals surface area contributed by atoms with Gasteiger partial charge in [0.15, 0.2) is 0 Å². The maximum absolute atomic E-state index is 12.1. The number of amides is 1. The molecule has 0 bridgehead atoms. The summed E-state index contributed by atoms with van der Waals surface area (Å²) in [5, 5.41) is 13.9. The Bertz CT molecular complexity index is 522. The first-order valence-electron chi connectivity index (χ1n) is 7.04. The standard InChI is InChI=1S/C14H21N3O3/c1-4-11-10(8-16(3)15-11)13-9(14(19)20)6-7-12(18)17(13)5-2/h8-9,13H,4-7H2,1-3H3,(H,19,20). The third-order valence-corrected chi connectivity index (χ3v) is 3.96. The van der Waals surface area contributed by atoms with Crippen LogP contribution in [0, 0.1) is 5.92 Å². The van der Waals surface area contributed by atoms with E-state index in [9.17, 15) is 14.7 Å². The van der Waals surface area contributed by atoms with Gasteiger partial charge in [0, 0.05) is 31.8 Å². The lowest BCUT2D eigenvalue weighted by atomic mass is 9.84. The fourth-order valence-corrected chi connectivity index (χ4v) is 3.04. The molecule has 110 valence electrons. The van der Waals surface area contributed by atoms with Gasteiger partial charge < -0.3 is 10.0 Å². The quantitative estimate of drug-likeness (QED) is 0.903. The first-order chi connectivity index (χ1) is 9.49. The van der Waals surface area contributed by atoms with E-state index < -0.39 is 17.9 Å². The number of likely N-dealkylation sites (tertiary alicyclic amines) is 1. The van der Waals surface area contributed by atoms with Gasteiger partial charge in [0.1, 0.15) is 0 Å². The first kappa shape index (κ1) is 14.6. The number of aromatic nitrogens is 2. The summed E-state index contributed by atoms with van der Waals surface area (Å²) in [5.74, 6) is -1.37. The lowest BCUT2D eigenvalue weighted by Gasteiger charge is -2.39. The average molecular weight is 279 g/mol. The number of hydrogen-bond donors (Lipinski definition) is 1. The summed E-state index contributed by atoms with van der Waals surface area (Å²) in [6.45, 7) is 4.39. The van der Waals surface area contributed by atoms with Crippen molar-refractivity contribution in [2.75, 3.05) is 6.54 Å². The molecule has 1 saturated heterocycles. The fourth-order valence-electron chi connectivity index (χ4n) is 3.04. The molecular formula is C14H21N3O3. The Kier molecular flexibility index (Phi) is 4.11. The second kappa shape index (κ2) is 5.64. The molecular weight excluding hydrogens is 258 g/mol. The maximum Gasteiger partial charge on any atom is 0.308 e. The first-order valence-corrected chi connectivity index (χ1v) is 7.04. The van der Waals surface area contributed by atoms with Crippen LogP contribution in [0.25, 0.3) is 0 Å². The van der Waals surface area contributed by atoms with Crippen molar-refractivity contribution in [3.05, 3.63) is 17.5 Å². The van der Waals surface area contributed by atoms with Gasteiger partial charge in [-0.2, -0.15) is 5.10 Å². The number of rotatable bonds is 4. The molecule has 1 aromatic heterocycles. The Labute approximate surface area is 118 Å². The number of aliphatic carboxylic acids is 1. The predicted molar refractivity (Wildman–Crippen MR) is 73.1 cm³/mol. The number of carboxylic acid groups (broad SMARTS) is 1. The van der Waals surface area contributed by atoms with Crippen LogP contribution >= 0.6 is 0 Å². The highest BCUT2D eigenvalue weighted by atomic mass is 16.4. The number of nitrogens with zero attached hydrogens (tertiary/aromatic N) is 3. The Morgan fingerprint density at radius 2 is 2.20 bits per heavy atom. The third-order valence-electron chi connectivity index (χ3n) is 3.96. The minimum absolute atomic E-state index is 0.0286. The Morgan fingerprint density at radius 1 is 1.50 bits per heavy atom. The highest BCUT2D eigenvalue weighted by Gasteiger charge is 2.41. The molecule has 0 aliphatic carbocycles. The molecule has 6 nitrogen and oxygen atoms in total. The van der Waals surface area contributed by atoms with E-state index in [1.807, 2.05) is 27.1 Å². The van der Waals surface area contributed by atoms with Gasteiger partial charge in [-0.15, -0.1) is 0 Å². The van der Waals surface area contributed by atoms with Crippen LogP contribution in [-0.2, 0) is 23.1 Å². The van der Waals surface area contributed by atoms with Crippen LogP contribution in [0.4, 0.5) is 0 Å². The molecule has 0 aromatic carbocycles. The molecule has 1 fully saturated rings. The van der Waals surface area contributed by atoms with Gasteiger partial charge >= 0.3 is 5.97 Å². The van der Waals surface area contributed by atoms with E-state index in [-0.39, 0.29) is 5.91 Å². The molecule has 1 amide bonds. The molecule has 1 aliphatic rings. The predicted octanol–water partition coefficient (Wildman–Crippen LogP) is 1.37. The van der Waals surface area contributed by atoms with Crippen molar-refractivity contribution in [2.45, 2.75) is 39.2 Å². The topological polar surface area (TPSA) is 75.4 Å². The average Bonchev–Trinajstić information content (AvgIpc) is 2.78. The van der Waals surface area contributed by atoms with Crippen molar-refractivity contribution in [3.63, 3.8) is 0 Å². The SMILES string of the molecule is CCc1nn(C)cc1C1C(C(=O)O)CCC(=O)N1CC. The van der Waals surface area contributed by atoms with Gasteiger partial charge in [-0.05, 0) is 19.8 Å². The summed E-state index contributed by atoms with van der Waals surface area (Å²) in [5.41, 5.74) is 1.74. The zero-order valence-electron chi connectivity index (χ0n) is 12.2. The van der Waals surface area contributed by atoms with E-state index in [0.29, 0.717) is 19.4 Å². The van der Waals surface area contributed by atoms with Crippen LogP contribution < -0.4 is 0 Å². The van der Waals surface area contributed by atoms with E-state index in [2.05, 4.69) is 5.10 Å². The molecule has 1 N–H and O–H groups in total. The number of aryl methyl sites for hydroxylation is 2. The summed E-state index contributed by atoms with van der Waals surface area (Å²) >= 11 is 0. The zero-order valence-corrected chi connectivity index (χ0v) is 12.2. The molecule has 2 heterocycles. The third kappa shape index (κ3) is 2.42. The van der Waals surface area contributed by atoms with Crippen LogP contribution in [0.15, 0.2) is 6.20 Å². The van der Waals surface area contributed by atoms with Gasteiger partial charge in [-0.3, -0.25) is 14.3 Å². The van der Waals surface area contributed by atoms with Crippen LogP contribution in [0.2, 0.25) is 0 Å². The van der Waals surface area contributed by atoms with Crippen molar-refractivity contribution >= 4 is 11.9 Å². The molecule has 0 spiro atoms. The molecule has 0 saturated carbocycles. The molecule has 1 aliphatic heterocycles. The van der Waals surface area contributed by atoms with Crippen molar-refractivity contribution in [2.24, 2.45) is 13.0 Å². The van der Waals surface area contributed by atoms with Crippen LogP contribution in [0.1, 0.15) is 44.0 Å². The lowest BCUT2D eigenvalue weighted by molar-refractivity contribution is -0.151. The number of carbonyl (C=O) groups excluding carboxylic acids is 1. The molecule has 2 atom stereocenters. The lowest BCUT2D eigenvalue weighted by Crippen LogP contribution is -2.45. The van der Waals surface area contributed by atoms with Crippen LogP contribution in [0.3, 0.4) is 0 Å². The smallest absolute Gasteiger partial charge is 0.308 e. The molecule has 2 rings (SSSR count). The monoisotopic (exact) mass is 279 g/mol. The minimum atomic E-state index is -0.841. The second-order valence-corrected chi connectivity index (χ2v) is 5.17. The normalized spacial score (nSPS) is 23.1. The van der Waals surface area contributed by atoms with Crippen molar-refractivity contribution in [3.8, 4) is 0 Å². The van der Waals surface area contributed by atoms with E-state index >= 15 is 0 Å². The van der Waals surface area contributed by atoms with Crippen molar-refractivity contribution in [1.82, 2.24) is 14.7 Å². The number of piperidine rings is 1. The molecule has 2 unspecified atom stereocenters. The van der Waals surface area contributed by atoms with Gasteiger partial charge in [-0.25, -0.2) is 0 Å². The van der Waals surface area contributed by atoms with Gasteiger partial charge in [0.2, 0.25) is 5.91 Å². The Morgan fingerprint density at radius 3 is 2.75 bits per heavy atom. The summed E-state index contributed by atoms with van der Waals surface area (Å²) in [6.07, 6.45) is 3.28. The Hall–Kier alpha value is -1.85. The van der Waals surface area contributed by atoms with E-state index in [1.54, 1.807) is 9.58 Å². The van der Waals surface area contributed by atoms with E-state index in [0.717, 1.165) is 17.7 Å². The second-order valence-electron chi connectivity index (χ2n) is 5.17. The summed E-state index contributed by atoms with van der Waals surface area (Å²) in [4.78, 5) is 25.3. The molecule has 1 aromatic rings. The summed E-state index contributed by atoms with van der Waals surface area (Å²) in [6, 6.07) is -0.401. The maximum atomic E-state index is 12.1.